The van der Waals surface area contributed by atoms with Crippen LogP contribution in [0, 0.1) is 6.92 Å². The molecule has 4 nitrogen and oxygen atoms in total. The maximum Gasteiger partial charge on any atom is 0.0451 e. The van der Waals surface area contributed by atoms with Gasteiger partial charge in [0.05, 0.1) is 0 Å². The number of aromatic nitrogens is 2. The maximum atomic E-state index is 5.80. The highest BCUT2D eigenvalue weighted by Gasteiger charge is 1.98. The summed E-state index contributed by atoms with van der Waals surface area (Å²) in [6, 6.07) is 15.6. The summed E-state index contributed by atoms with van der Waals surface area (Å²) in [6.45, 7) is 1.99. The number of aryl methyl sites for hydroxylation is 1. The van der Waals surface area contributed by atoms with Gasteiger partial charge >= 0.3 is 0 Å². The van der Waals surface area contributed by atoms with E-state index in [2.05, 4.69) is 9.97 Å². The zero-order chi connectivity index (χ0) is 16.2. The maximum absolute atomic E-state index is 5.80. The van der Waals surface area contributed by atoms with E-state index in [1.165, 1.54) is 0 Å². The molecule has 4 N–H and O–H groups in total. The lowest BCUT2D eigenvalue weighted by Crippen LogP contribution is -1.89. The minimum atomic E-state index is 0.810. The third-order valence-electron chi connectivity index (χ3n) is 3.75. The first-order valence-corrected chi connectivity index (χ1v) is 7.35. The van der Waals surface area contributed by atoms with Gasteiger partial charge in [0.2, 0.25) is 0 Å². The molecule has 0 saturated heterocycles. The van der Waals surface area contributed by atoms with Crippen molar-refractivity contribution >= 4 is 32.9 Å². The van der Waals surface area contributed by atoms with Crippen molar-refractivity contribution in [2.45, 2.75) is 6.92 Å². The van der Waals surface area contributed by atoms with Gasteiger partial charge in [0.1, 0.15) is 0 Å². The van der Waals surface area contributed by atoms with Gasteiger partial charge in [0.15, 0.2) is 0 Å². The predicted octanol–water partition coefficient (Wildman–Crippen LogP) is 3.94. The average molecular weight is 302 g/mol. The van der Waals surface area contributed by atoms with E-state index in [1.807, 2.05) is 61.7 Å². The molecule has 23 heavy (non-hydrogen) atoms. The molecule has 114 valence electrons. The predicted molar refractivity (Wildman–Crippen MR) is 97.0 cm³/mol. The van der Waals surface area contributed by atoms with Crippen molar-refractivity contribution in [1.29, 1.82) is 0 Å². The van der Waals surface area contributed by atoms with E-state index in [4.69, 9.17) is 11.5 Å². The summed E-state index contributed by atoms with van der Waals surface area (Å²) < 4.78 is 0. The molecule has 4 aromatic rings. The van der Waals surface area contributed by atoms with Crippen molar-refractivity contribution in [3.05, 3.63) is 72.8 Å². The third kappa shape index (κ3) is 3.06. The van der Waals surface area contributed by atoms with Crippen molar-refractivity contribution < 1.29 is 0 Å². The number of nitrogens with two attached hydrogens (primary N) is 2. The van der Waals surface area contributed by atoms with Gasteiger partial charge in [-0.25, -0.2) is 0 Å². The highest BCUT2D eigenvalue weighted by Crippen LogP contribution is 2.21. The molecule has 0 aliphatic heterocycles. The number of nitrogens with zero attached hydrogens (tertiary/aromatic N) is 2. The summed E-state index contributed by atoms with van der Waals surface area (Å²) in [5.41, 5.74) is 14.2. The van der Waals surface area contributed by atoms with Crippen LogP contribution >= 0.6 is 0 Å². The van der Waals surface area contributed by atoms with Crippen LogP contribution < -0.4 is 11.5 Å². The first-order chi connectivity index (χ1) is 11.2. The number of nitrogen functional groups attached to an aromatic ring is 2. The molecule has 2 heterocycles. The van der Waals surface area contributed by atoms with Gasteiger partial charge in [0.25, 0.3) is 0 Å². The van der Waals surface area contributed by atoms with E-state index in [0.717, 1.165) is 38.6 Å². The number of hydrogen-bond donors (Lipinski definition) is 2. The topological polar surface area (TPSA) is 77.8 Å². The van der Waals surface area contributed by atoms with Crippen LogP contribution in [-0.2, 0) is 0 Å². The Hall–Kier alpha value is -3.14. The highest BCUT2D eigenvalue weighted by molar-refractivity contribution is 5.94. The zero-order valence-electron chi connectivity index (χ0n) is 12.9. The Labute approximate surface area is 134 Å². The molecule has 0 saturated carbocycles. The van der Waals surface area contributed by atoms with Crippen molar-refractivity contribution in [2.75, 3.05) is 11.5 Å². The lowest BCUT2D eigenvalue weighted by molar-refractivity contribution is 1.24. The zero-order valence-corrected chi connectivity index (χ0v) is 12.9. The SMILES string of the molecule is Cc1nccc2c(N)cccc12.Nc1cccc2cnccc12. The van der Waals surface area contributed by atoms with Crippen LogP contribution in [0.3, 0.4) is 0 Å². The molecular formula is C19H18N4. The number of anilines is 2. The quantitative estimate of drug-likeness (QED) is 0.482. The minimum absolute atomic E-state index is 0.810. The number of fused-ring (bicyclic) bond motifs is 2. The van der Waals surface area contributed by atoms with Gasteiger partial charge in [-0.2, -0.15) is 0 Å². The Bertz CT molecular complexity index is 917. The van der Waals surface area contributed by atoms with Crippen molar-refractivity contribution in [1.82, 2.24) is 9.97 Å². The van der Waals surface area contributed by atoms with E-state index in [-0.39, 0.29) is 0 Å². The van der Waals surface area contributed by atoms with Crippen LogP contribution in [-0.4, -0.2) is 9.97 Å². The second kappa shape index (κ2) is 6.32. The summed E-state index contributed by atoms with van der Waals surface area (Å²) in [5.74, 6) is 0. The van der Waals surface area contributed by atoms with Gasteiger partial charge in [0, 0.05) is 57.2 Å². The van der Waals surface area contributed by atoms with Gasteiger partial charge in [-0.15, -0.1) is 0 Å². The molecule has 2 aromatic heterocycles. The lowest BCUT2D eigenvalue weighted by atomic mass is 10.1. The molecule has 0 bridgehead atoms. The molecular weight excluding hydrogens is 284 g/mol. The molecule has 4 rings (SSSR count). The highest BCUT2D eigenvalue weighted by atomic mass is 14.7. The molecule has 0 radical (unpaired) electrons. The lowest BCUT2D eigenvalue weighted by Gasteiger charge is -2.02. The van der Waals surface area contributed by atoms with E-state index in [9.17, 15) is 0 Å². The van der Waals surface area contributed by atoms with Gasteiger partial charge < -0.3 is 11.5 Å². The van der Waals surface area contributed by atoms with E-state index in [0.29, 0.717) is 0 Å². The van der Waals surface area contributed by atoms with E-state index < -0.39 is 0 Å². The molecule has 0 unspecified atom stereocenters. The molecule has 4 heteroatoms. The van der Waals surface area contributed by atoms with Gasteiger partial charge in [-0.1, -0.05) is 24.3 Å². The summed E-state index contributed by atoms with van der Waals surface area (Å²) in [7, 11) is 0. The van der Waals surface area contributed by atoms with Crippen LogP contribution in [0.5, 0.6) is 0 Å². The molecule has 0 aliphatic carbocycles. The summed E-state index contributed by atoms with van der Waals surface area (Å²) in [4.78, 5) is 8.19. The van der Waals surface area contributed by atoms with Crippen molar-refractivity contribution in [3.8, 4) is 0 Å². The van der Waals surface area contributed by atoms with Crippen LogP contribution in [0.2, 0.25) is 0 Å². The normalized spacial score (nSPS) is 10.3. The average Bonchev–Trinajstić information content (AvgIpc) is 2.57. The minimum Gasteiger partial charge on any atom is -0.398 e. The summed E-state index contributed by atoms with van der Waals surface area (Å²) in [5, 5.41) is 4.39. The Balaban J connectivity index is 0.000000136. The Morgan fingerprint density at radius 1 is 0.739 bits per heavy atom. The number of pyridine rings is 2. The number of rotatable bonds is 0. The summed E-state index contributed by atoms with van der Waals surface area (Å²) in [6.07, 6.45) is 5.35. The number of benzene rings is 2. The second-order valence-electron chi connectivity index (χ2n) is 5.28. The first-order valence-electron chi connectivity index (χ1n) is 7.35. The van der Waals surface area contributed by atoms with Crippen molar-refractivity contribution in [3.63, 3.8) is 0 Å². The van der Waals surface area contributed by atoms with Crippen molar-refractivity contribution in [2.24, 2.45) is 0 Å². The molecule has 0 spiro atoms. The Morgan fingerprint density at radius 2 is 1.43 bits per heavy atom. The Kier molecular flexibility index (Phi) is 4.06. The summed E-state index contributed by atoms with van der Waals surface area (Å²) >= 11 is 0. The fourth-order valence-corrected chi connectivity index (χ4v) is 2.53. The second-order valence-corrected chi connectivity index (χ2v) is 5.28. The monoisotopic (exact) mass is 302 g/mol. The smallest absolute Gasteiger partial charge is 0.0451 e. The molecule has 0 amide bonds. The fraction of sp³-hybridized carbons (Fsp3) is 0.0526. The molecule has 0 aliphatic rings. The third-order valence-corrected chi connectivity index (χ3v) is 3.75. The Morgan fingerprint density at radius 3 is 2.17 bits per heavy atom. The first kappa shape index (κ1) is 14.8. The van der Waals surface area contributed by atoms with E-state index in [1.54, 1.807) is 12.4 Å². The van der Waals surface area contributed by atoms with Gasteiger partial charge in [-0.05, 0) is 31.2 Å². The van der Waals surface area contributed by atoms with Gasteiger partial charge in [-0.3, -0.25) is 9.97 Å². The van der Waals surface area contributed by atoms with Crippen LogP contribution in [0.25, 0.3) is 21.5 Å². The molecule has 0 fully saturated rings. The number of hydrogen-bond acceptors (Lipinski definition) is 4. The van der Waals surface area contributed by atoms with Crippen LogP contribution in [0.4, 0.5) is 11.4 Å². The molecule has 0 atom stereocenters. The fourth-order valence-electron chi connectivity index (χ4n) is 2.53. The molecule has 2 aromatic carbocycles. The van der Waals surface area contributed by atoms with Crippen LogP contribution in [0.1, 0.15) is 5.69 Å². The standard InChI is InChI=1S/C10H10N2.C9H8N2/c1-7-8-3-2-4-10(11)9(8)5-6-12-7;10-9-3-1-2-7-6-11-5-4-8(7)9/h2-6H,11H2,1H3;1-6H,10H2. The van der Waals surface area contributed by atoms with Crippen LogP contribution in [0.15, 0.2) is 67.1 Å². The largest absolute Gasteiger partial charge is 0.398 e. The van der Waals surface area contributed by atoms with E-state index >= 15 is 0 Å².